The molecular weight excluding hydrogens is 990 g/mol. The molecule has 78 heavy (non-hydrogen) atoms. The summed E-state index contributed by atoms with van der Waals surface area (Å²) in [6.45, 7) is 4.17. The van der Waals surface area contributed by atoms with E-state index in [2.05, 4.69) is 148 Å². The lowest BCUT2D eigenvalue weighted by Gasteiger charge is -2.24. The number of carbonyl (C=O) groups is 2. The van der Waals surface area contributed by atoms with Gasteiger partial charge in [-0.15, -0.1) is 0 Å². The van der Waals surface area contributed by atoms with Crippen molar-refractivity contribution in [3.8, 4) is 0 Å². The van der Waals surface area contributed by atoms with Crippen LogP contribution in [0, 0.1) is 0 Å². The molecule has 2 unspecified atom stereocenters. The largest absolute Gasteiger partial charge is 0.472 e. The predicted molar refractivity (Wildman–Crippen MR) is 334 cm³/mol. The van der Waals surface area contributed by atoms with Crippen LogP contribution in [0.2, 0.25) is 0 Å². The lowest BCUT2D eigenvalue weighted by Crippen LogP contribution is -2.37. The Morgan fingerprint density at radius 1 is 0.397 bits per heavy atom. The maximum absolute atomic E-state index is 12.8. The van der Waals surface area contributed by atoms with Gasteiger partial charge in [-0.1, -0.05) is 244 Å². The Balaban J connectivity index is 4.15. The van der Waals surface area contributed by atoms with Crippen LogP contribution >= 0.6 is 7.82 Å². The highest BCUT2D eigenvalue weighted by molar-refractivity contribution is 7.47. The number of allylic oxidation sites excluding steroid dienone is 22. The highest BCUT2D eigenvalue weighted by Gasteiger charge is 2.27. The van der Waals surface area contributed by atoms with Crippen molar-refractivity contribution >= 4 is 19.8 Å². The summed E-state index contributed by atoms with van der Waals surface area (Å²) in [7, 11) is 1.45. The normalized spacial score (nSPS) is 14.2. The van der Waals surface area contributed by atoms with E-state index in [0.717, 1.165) is 122 Å². The van der Waals surface area contributed by atoms with Gasteiger partial charge in [-0.25, -0.2) is 4.57 Å². The minimum absolute atomic E-state index is 0.0217. The van der Waals surface area contributed by atoms with Crippen LogP contribution in [0.4, 0.5) is 0 Å². The van der Waals surface area contributed by atoms with Crippen LogP contribution in [-0.4, -0.2) is 74.9 Å². The van der Waals surface area contributed by atoms with Crippen LogP contribution in [0.3, 0.4) is 0 Å². The first-order valence-electron chi connectivity index (χ1n) is 30.9. The Morgan fingerprint density at radius 2 is 0.692 bits per heavy atom. The lowest BCUT2D eigenvalue weighted by atomic mass is 10.0. The first-order valence-corrected chi connectivity index (χ1v) is 32.4. The van der Waals surface area contributed by atoms with Crippen molar-refractivity contribution in [2.24, 2.45) is 0 Å². The van der Waals surface area contributed by atoms with E-state index in [1.54, 1.807) is 0 Å². The summed E-state index contributed by atoms with van der Waals surface area (Å²) < 4.78 is 34.6. The van der Waals surface area contributed by atoms with Crippen molar-refractivity contribution in [1.82, 2.24) is 0 Å². The van der Waals surface area contributed by atoms with E-state index in [-0.39, 0.29) is 32.0 Å². The van der Waals surface area contributed by atoms with Gasteiger partial charge in [-0.05, 0) is 109 Å². The van der Waals surface area contributed by atoms with E-state index in [0.29, 0.717) is 23.9 Å². The zero-order valence-corrected chi connectivity index (χ0v) is 51.2. The minimum atomic E-state index is -4.40. The molecule has 0 amide bonds. The number of phosphoric ester groups is 1. The molecule has 2 atom stereocenters. The molecule has 0 aliphatic rings. The minimum Gasteiger partial charge on any atom is -0.462 e. The second kappa shape index (κ2) is 57.8. The number of quaternary nitrogens is 1. The summed E-state index contributed by atoms with van der Waals surface area (Å²) in [5.41, 5.74) is 0. The van der Waals surface area contributed by atoms with E-state index in [1.807, 2.05) is 21.1 Å². The number of likely N-dealkylation sites (N-methyl/N-ethyl adjacent to an activating group) is 1. The Morgan fingerprint density at radius 3 is 1.03 bits per heavy atom. The monoisotopic (exact) mass is 1100 g/mol. The van der Waals surface area contributed by atoms with Crippen LogP contribution in [0.25, 0.3) is 0 Å². The molecule has 0 spiro atoms. The number of carbonyl (C=O) groups excluding carboxylic acids is 2. The van der Waals surface area contributed by atoms with E-state index >= 15 is 0 Å². The van der Waals surface area contributed by atoms with E-state index in [4.69, 9.17) is 18.5 Å². The molecule has 0 aromatic heterocycles. The summed E-state index contributed by atoms with van der Waals surface area (Å²) in [5.74, 6) is -0.826. The number of hydrogen-bond acceptors (Lipinski definition) is 7. The molecule has 0 heterocycles. The molecule has 0 fully saturated rings. The van der Waals surface area contributed by atoms with Crippen LogP contribution in [0.5, 0.6) is 0 Å². The quantitative estimate of drug-likeness (QED) is 0.0211. The third-order valence-electron chi connectivity index (χ3n) is 12.7. The molecule has 0 aromatic rings. The Labute approximate surface area is 479 Å². The first-order chi connectivity index (χ1) is 38.0. The fourth-order valence-electron chi connectivity index (χ4n) is 7.99. The molecule has 0 aliphatic carbocycles. The predicted octanol–water partition coefficient (Wildman–Crippen LogP) is 19.7. The molecule has 0 bridgehead atoms. The van der Waals surface area contributed by atoms with Crippen molar-refractivity contribution in [2.75, 3.05) is 47.5 Å². The maximum atomic E-state index is 12.8. The molecule has 10 heteroatoms. The van der Waals surface area contributed by atoms with Crippen molar-refractivity contribution in [1.29, 1.82) is 0 Å². The second-order valence-corrected chi connectivity index (χ2v) is 22.8. The molecule has 0 aliphatic heterocycles. The SMILES string of the molecule is CC/C=C\C/C=C\C/C=C\C/C=C\C/C=C\C/C=C\CCCCCCCCCCCCCCCCC(=O)OC(COC(=O)CCCCCCC/C=C\C/C=C\C/C=C\C/C=C\C/C=C\CC)COP(=O)(O)OCC[N+](C)(C)C. The summed E-state index contributed by atoms with van der Waals surface area (Å²) in [4.78, 5) is 35.8. The average molecular weight is 1110 g/mol. The Kier molecular flexibility index (Phi) is 55.0. The zero-order chi connectivity index (χ0) is 57.0. The fourth-order valence-corrected chi connectivity index (χ4v) is 8.73. The van der Waals surface area contributed by atoms with Crippen LogP contribution in [-0.2, 0) is 32.7 Å². The topological polar surface area (TPSA) is 108 Å². The lowest BCUT2D eigenvalue weighted by molar-refractivity contribution is -0.870. The smallest absolute Gasteiger partial charge is 0.462 e. The van der Waals surface area contributed by atoms with Crippen molar-refractivity contribution < 1.29 is 42.1 Å². The highest BCUT2D eigenvalue weighted by Crippen LogP contribution is 2.43. The van der Waals surface area contributed by atoms with Crippen molar-refractivity contribution in [3.05, 3.63) is 134 Å². The van der Waals surface area contributed by atoms with Gasteiger partial charge in [0.2, 0.25) is 0 Å². The molecule has 0 saturated heterocycles. The van der Waals surface area contributed by atoms with Gasteiger partial charge < -0.3 is 18.9 Å². The zero-order valence-electron chi connectivity index (χ0n) is 50.3. The molecule has 1 N–H and O–H groups in total. The number of phosphoric acid groups is 1. The van der Waals surface area contributed by atoms with Gasteiger partial charge in [0.05, 0.1) is 27.7 Å². The van der Waals surface area contributed by atoms with Gasteiger partial charge in [-0.3, -0.25) is 18.6 Å². The summed E-state index contributed by atoms with van der Waals surface area (Å²) in [6, 6.07) is 0. The van der Waals surface area contributed by atoms with Gasteiger partial charge in [-0.2, -0.15) is 0 Å². The summed E-state index contributed by atoms with van der Waals surface area (Å²) in [6.07, 6.45) is 83.8. The maximum Gasteiger partial charge on any atom is 0.472 e. The number of ether oxygens (including phenoxy) is 2. The fraction of sp³-hybridized carbons (Fsp3) is 0.647. The molecule has 9 nitrogen and oxygen atoms in total. The molecule has 0 aromatic carbocycles. The van der Waals surface area contributed by atoms with E-state index in [9.17, 15) is 19.0 Å². The third kappa shape index (κ3) is 61.4. The molecule has 0 radical (unpaired) electrons. The number of hydrogen-bond donors (Lipinski definition) is 1. The van der Waals surface area contributed by atoms with Gasteiger partial charge in [0.1, 0.15) is 19.8 Å². The van der Waals surface area contributed by atoms with Crippen molar-refractivity contribution in [3.63, 3.8) is 0 Å². The van der Waals surface area contributed by atoms with Crippen molar-refractivity contribution in [2.45, 2.75) is 238 Å². The Hall–Kier alpha value is -3.85. The third-order valence-corrected chi connectivity index (χ3v) is 13.7. The first kappa shape index (κ1) is 74.2. The number of rotatable bonds is 55. The van der Waals surface area contributed by atoms with Crippen LogP contribution < -0.4 is 0 Å². The average Bonchev–Trinajstić information content (AvgIpc) is 3.41. The summed E-state index contributed by atoms with van der Waals surface area (Å²) >= 11 is 0. The van der Waals surface area contributed by atoms with Crippen LogP contribution in [0.1, 0.15) is 232 Å². The van der Waals surface area contributed by atoms with E-state index < -0.39 is 26.5 Å². The van der Waals surface area contributed by atoms with Gasteiger partial charge in [0.15, 0.2) is 6.10 Å². The number of unbranched alkanes of at least 4 members (excludes halogenated alkanes) is 19. The van der Waals surface area contributed by atoms with Gasteiger partial charge >= 0.3 is 19.8 Å². The highest BCUT2D eigenvalue weighted by atomic mass is 31.2. The molecule has 0 saturated carbocycles. The van der Waals surface area contributed by atoms with Crippen LogP contribution in [0.15, 0.2) is 134 Å². The van der Waals surface area contributed by atoms with Gasteiger partial charge in [0.25, 0.3) is 0 Å². The molecule has 0 rings (SSSR count). The number of nitrogens with zero attached hydrogens (tertiary/aromatic N) is 1. The molecule has 444 valence electrons. The summed E-state index contributed by atoms with van der Waals surface area (Å²) in [5, 5.41) is 0. The number of esters is 2. The van der Waals surface area contributed by atoms with Gasteiger partial charge in [0, 0.05) is 12.8 Å². The standard InChI is InChI=1S/C68H114NO8P/c1-6-8-10-12-14-16-18-20-22-24-26-28-29-30-31-32-33-34-35-36-37-38-39-41-43-45-47-49-51-53-55-57-59-61-68(71)77-66(65-76-78(72,73)75-63-62-69(3,4)5)64-74-67(70)60-58-56-54-52-50-48-46-44-42-40-27-25-23-21-19-17-15-13-11-9-7-2/h8-11,14-17,20-23,26-28,30-31,33-34,40,44,46,66H,6-7,12-13,18-19,24-25,29,32,35-39,41-43,45,47-65H2,1-5H3/p+1/b10-8-,11-9-,16-14-,17-15-,22-20-,23-21-,28-26-,31-30-,34-33-,40-27-,46-44-. The Bertz CT molecular complexity index is 1780. The molecular formula is C68H115NO8P+. The second-order valence-electron chi connectivity index (χ2n) is 21.3. The van der Waals surface area contributed by atoms with E-state index in [1.165, 1.54) is 70.6 Å².